The molecule has 4 nitrogen and oxygen atoms in total. The molecule has 0 amide bonds. The summed E-state index contributed by atoms with van der Waals surface area (Å²) in [5.74, 6) is 14.4. The van der Waals surface area contributed by atoms with Gasteiger partial charge in [-0.05, 0) is 37.1 Å². The Labute approximate surface area is 315 Å². The van der Waals surface area contributed by atoms with Gasteiger partial charge in [-0.1, -0.05) is 177 Å². The first-order valence-corrected chi connectivity index (χ1v) is 20.2. The van der Waals surface area contributed by atoms with E-state index in [1.807, 2.05) is 36.4 Å². The number of carbonyl (C=O) groups is 2. The van der Waals surface area contributed by atoms with Gasteiger partial charge in [-0.15, -0.1) is 0 Å². The summed E-state index contributed by atoms with van der Waals surface area (Å²) in [4.78, 5) is 22.8. The lowest BCUT2D eigenvalue weighted by atomic mass is 10.1. The number of carbonyl (C=O) groups excluding carboxylic acids is 2. The number of rotatable bonds is 26. The van der Waals surface area contributed by atoms with Crippen molar-refractivity contribution in [2.45, 2.75) is 142 Å². The highest BCUT2D eigenvalue weighted by Gasteiger charge is 2.11. The van der Waals surface area contributed by atoms with Crippen molar-refractivity contribution in [1.82, 2.24) is 0 Å². The summed E-state index contributed by atoms with van der Waals surface area (Å²) in [5.41, 5.74) is 4.17. The Balaban J connectivity index is 1.75. The van der Waals surface area contributed by atoms with E-state index in [1.165, 1.54) is 103 Å². The quantitative estimate of drug-likeness (QED) is 0.0475. The van der Waals surface area contributed by atoms with Gasteiger partial charge in [0.1, 0.15) is 24.1 Å². The van der Waals surface area contributed by atoms with Gasteiger partial charge in [-0.3, -0.25) is 9.59 Å². The van der Waals surface area contributed by atoms with E-state index < -0.39 is 0 Å². The zero-order valence-corrected chi connectivity index (χ0v) is 32.1. The van der Waals surface area contributed by atoms with Crippen molar-refractivity contribution in [3.05, 3.63) is 94.0 Å². The monoisotopic (exact) mass is 702 g/mol. The van der Waals surface area contributed by atoms with Gasteiger partial charge in [0.15, 0.2) is 0 Å². The van der Waals surface area contributed by atoms with E-state index in [0.717, 1.165) is 60.5 Å². The second-order valence-electron chi connectivity index (χ2n) is 13.9. The summed E-state index contributed by atoms with van der Waals surface area (Å²) in [5, 5.41) is 0. The molecule has 0 atom stereocenters. The standard InChI is InChI=1S/C48H62O4/c1-3-5-7-9-11-13-15-17-19-21-33-51-47-37-46(32-30-42-26-24-28-44(36-42)40-50)48(52-34-22-20-18-16-14-12-10-8-6-4-2)38-45(47)31-29-41-25-23-27-43(35-41)39-49/h23-28,35-40H,3-22,33-34H2,1-2H3. The van der Waals surface area contributed by atoms with Crippen molar-refractivity contribution in [3.63, 3.8) is 0 Å². The fraction of sp³-hybridized carbons (Fsp3) is 0.500. The highest BCUT2D eigenvalue weighted by atomic mass is 16.5. The predicted molar refractivity (Wildman–Crippen MR) is 217 cm³/mol. The highest BCUT2D eigenvalue weighted by Crippen LogP contribution is 2.29. The van der Waals surface area contributed by atoms with Gasteiger partial charge in [-0.25, -0.2) is 0 Å². The highest BCUT2D eigenvalue weighted by molar-refractivity contribution is 5.76. The van der Waals surface area contributed by atoms with E-state index in [-0.39, 0.29) is 0 Å². The third-order valence-corrected chi connectivity index (χ3v) is 9.32. The van der Waals surface area contributed by atoms with Crippen LogP contribution in [0.1, 0.15) is 185 Å². The summed E-state index contributed by atoms with van der Waals surface area (Å²) in [7, 11) is 0. The van der Waals surface area contributed by atoms with Gasteiger partial charge in [0, 0.05) is 34.4 Å². The normalized spacial score (nSPS) is 10.5. The van der Waals surface area contributed by atoms with E-state index in [9.17, 15) is 9.59 Å². The minimum atomic E-state index is 0.592. The topological polar surface area (TPSA) is 52.6 Å². The minimum Gasteiger partial charge on any atom is -0.492 e. The predicted octanol–water partition coefficient (Wildman–Crippen LogP) is 12.7. The molecular formula is C48H62O4. The molecule has 4 heteroatoms. The van der Waals surface area contributed by atoms with Crippen LogP contribution in [-0.2, 0) is 0 Å². The maximum atomic E-state index is 11.4. The Morgan fingerprint density at radius 3 is 1.13 bits per heavy atom. The van der Waals surface area contributed by atoms with Gasteiger partial charge >= 0.3 is 0 Å². The second kappa shape index (κ2) is 27.4. The van der Waals surface area contributed by atoms with Crippen LogP contribution in [-0.4, -0.2) is 25.8 Å². The maximum absolute atomic E-state index is 11.4. The molecule has 278 valence electrons. The Morgan fingerprint density at radius 2 is 0.788 bits per heavy atom. The third-order valence-electron chi connectivity index (χ3n) is 9.32. The van der Waals surface area contributed by atoms with Crippen LogP contribution in [0, 0.1) is 23.7 Å². The summed E-state index contributed by atoms with van der Waals surface area (Å²) in [6.07, 6.45) is 26.9. The number of aldehydes is 2. The van der Waals surface area contributed by atoms with Crippen LogP contribution in [0.2, 0.25) is 0 Å². The molecule has 3 aromatic carbocycles. The van der Waals surface area contributed by atoms with Crippen LogP contribution < -0.4 is 9.47 Å². The molecular weight excluding hydrogens is 641 g/mol. The molecule has 0 aliphatic carbocycles. The van der Waals surface area contributed by atoms with Gasteiger partial charge < -0.3 is 9.47 Å². The van der Waals surface area contributed by atoms with Crippen LogP contribution >= 0.6 is 0 Å². The van der Waals surface area contributed by atoms with Crippen molar-refractivity contribution in [2.75, 3.05) is 13.2 Å². The molecule has 0 aromatic heterocycles. The molecule has 52 heavy (non-hydrogen) atoms. The zero-order chi connectivity index (χ0) is 36.9. The summed E-state index contributed by atoms with van der Waals surface area (Å²) < 4.78 is 12.8. The number of ether oxygens (including phenoxy) is 2. The fourth-order valence-corrected chi connectivity index (χ4v) is 6.20. The first kappa shape index (κ1) is 42.1. The first-order valence-electron chi connectivity index (χ1n) is 20.2. The van der Waals surface area contributed by atoms with Crippen molar-refractivity contribution < 1.29 is 19.1 Å². The van der Waals surface area contributed by atoms with Gasteiger partial charge in [0.2, 0.25) is 0 Å². The SMILES string of the molecule is CCCCCCCCCCCCOc1cc(C#Cc2cccc(C=O)c2)c(OCCCCCCCCCCCC)cc1C#Cc1cccc(C=O)c1. The first-order chi connectivity index (χ1) is 25.7. The molecule has 0 radical (unpaired) electrons. The summed E-state index contributed by atoms with van der Waals surface area (Å²) >= 11 is 0. The van der Waals surface area contributed by atoms with E-state index in [1.54, 1.807) is 24.3 Å². The smallest absolute Gasteiger partial charge is 0.150 e. The van der Waals surface area contributed by atoms with Crippen LogP contribution in [0.3, 0.4) is 0 Å². The lowest BCUT2D eigenvalue weighted by Crippen LogP contribution is -2.03. The van der Waals surface area contributed by atoms with Crippen molar-refractivity contribution in [3.8, 4) is 35.2 Å². The molecule has 0 spiro atoms. The molecule has 0 unspecified atom stereocenters. The van der Waals surface area contributed by atoms with Crippen molar-refractivity contribution >= 4 is 12.6 Å². The number of benzene rings is 3. The van der Waals surface area contributed by atoms with E-state index in [0.29, 0.717) is 35.8 Å². The molecule has 0 fully saturated rings. The number of hydrogen-bond donors (Lipinski definition) is 0. The van der Waals surface area contributed by atoms with E-state index in [4.69, 9.17) is 9.47 Å². The summed E-state index contributed by atoms with van der Waals surface area (Å²) in [6, 6.07) is 18.5. The Kier molecular flexibility index (Phi) is 22.2. The van der Waals surface area contributed by atoms with Gasteiger partial charge in [0.05, 0.1) is 24.3 Å². The second-order valence-corrected chi connectivity index (χ2v) is 13.9. The van der Waals surface area contributed by atoms with Crippen molar-refractivity contribution in [1.29, 1.82) is 0 Å². The molecule has 3 rings (SSSR count). The lowest BCUT2D eigenvalue weighted by Gasteiger charge is -2.14. The lowest BCUT2D eigenvalue weighted by molar-refractivity contribution is 0.111. The Hall–Kier alpha value is -4.28. The third kappa shape index (κ3) is 17.8. The fourth-order valence-electron chi connectivity index (χ4n) is 6.20. The molecule has 0 aliphatic heterocycles. The molecule has 0 heterocycles. The van der Waals surface area contributed by atoms with Crippen LogP contribution in [0.15, 0.2) is 60.7 Å². The van der Waals surface area contributed by atoms with E-state index in [2.05, 4.69) is 37.5 Å². The molecule has 3 aromatic rings. The number of hydrogen-bond acceptors (Lipinski definition) is 4. The summed E-state index contributed by atoms with van der Waals surface area (Å²) in [6.45, 7) is 5.72. The van der Waals surface area contributed by atoms with Gasteiger partial charge in [-0.2, -0.15) is 0 Å². The van der Waals surface area contributed by atoms with Crippen LogP contribution in [0.25, 0.3) is 0 Å². The minimum absolute atomic E-state index is 0.592. The van der Waals surface area contributed by atoms with E-state index >= 15 is 0 Å². The molecule has 0 N–H and O–H groups in total. The number of unbranched alkanes of at least 4 members (excludes halogenated alkanes) is 18. The Morgan fingerprint density at radius 1 is 0.442 bits per heavy atom. The van der Waals surface area contributed by atoms with Crippen LogP contribution in [0.4, 0.5) is 0 Å². The van der Waals surface area contributed by atoms with Gasteiger partial charge in [0.25, 0.3) is 0 Å². The Bertz CT molecular complexity index is 1460. The average Bonchev–Trinajstić information content (AvgIpc) is 3.18. The maximum Gasteiger partial charge on any atom is 0.150 e. The largest absolute Gasteiger partial charge is 0.492 e. The van der Waals surface area contributed by atoms with Crippen LogP contribution in [0.5, 0.6) is 11.5 Å². The average molecular weight is 703 g/mol. The molecule has 0 saturated heterocycles. The zero-order valence-electron chi connectivity index (χ0n) is 32.1. The molecule has 0 aliphatic rings. The molecule has 0 saturated carbocycles. The molecule has 0 bridgehead atoms. The van der Waals surface area contributed by atoms with Crippen molar-refractivity contribution in [2.24, 2.45) is 0 Å².